The molecule has 1 fully saturated rings. The van der Waals surface area contributed by atoms with Gasteiger partial charge >= 0.3 is 0 Å². The van der Waals surface area contributed by atoms with Crippen LogP contribution in [0.4, 0.5) is 0 Å². The second-order valence-corrected chi connectivity index (χ2v) is 5.80. The van der Waals surface area contributed by atoms with Crippen molar-refractivity contribution in [1.82, 2.24) is 0 Å². The van der Waals surface area contributed by atoms with Crippen molar-refractivity contribution in [2.75, 3.05) is 0 Å². The topological polar surface area (TPSA) is 24.7 Å². The molecular weight excluding hydrogens is 232 g/mol. The van der Waals surface area contributed by atoms with Crippen molar-refractivity contribution < 1.29 is 0 Å². The second kappa shape index (κ2) is 5.03. The fourth-order valence-electron chi connectivity index (χ4n) is 3.30. The monoisotopic (exact) mass is 250 g/mol. The first kappa shape index (κ1) is 12.2. The molecule has 0 radical (unpaired) electrons. The number of nitrogens with zero attached hydrogens (tertiary/aromatic N) is 2. The predicted octanol–water partition coefficient (Wildman–Crippen LogP) is 3.97. The van der Waals surface area contributed by atoms with Gasteiger partial charge in [-0.2, -0.15) is 0 Å². The van der Waals surface area contributed by atoms with Gasteiger partial charge in [0.05, 0.1) is 11.9 Å². The summed E-state index contributed by atoms with van der Waals surface area (Å²) in [4.78, 5) is 8.80. The highest BCUT2D eigenvalue weighted by atomic mass is 14.8. The van der Waals surface area contributed by atoms with Gasteiger partial charge < -0.3 is 0 Å². The summed E-state index contributed by atoms with van der Waals surface area (Å²) in [6, 6.07) is 0. The molecule has 96 valence electrons. The van der Waals surface area contributed by atoms with Crippen LogP contribution in [0.25, 0.3) is 0 Å². The lowest BCUT2D eigenvalue weighted by Gasteiger charge is -2.29. The summed E-state index contributed by atoms with van der Waals surface area (Å²) in [7, 11) is 0. The molecular formula is C17H18N2. The lowest BCUT2D eigenvalue weighted by molar-refractivity contribution is 0.332. The highest BCUT2D eigenvalue weighted by molar-refractivity contribution is 5.66. The minimum absolute atomic E-state index is 0.160. The number of hydrogen-bond acceptors (Lipinski definition) is 2. The molecule has 3 rings (SSSR count). The summed E-state index contributed by atoms with van der Waals surface area (Å²) >= 11 is 0. The lowest BCUT2D eigenvalue weighted by atomic mass is 9.73. The first-order valence-corrected chi connectivity index (χ1v) is 7.02. The second-order valence-electron chi connectivity index (χ2n) is 5.80. The Bertz CT molecular complexity index is 601. The Balaban J connectivity index is 2.17. The fraction of sp³-hybridized carbons (Fsp3) is 0.471. The van der Waals surface area contributed by atoms with E-state index in [1.807, 2.05) is 6.08 Å². The summed E-state index contributed by atoms with van der Waals surface area (Å²) in [6.45, 7) is 2.35. The molecule has 2 atom stereocenters. The maximum absolute atomic E-state index is 4.66. The smallest absolute Gasteiger partial charge is 0.0931 e. The van der Waals surface area contributed by atoms with Crippen LogP contribution < -0.4 is 0 Å². The average Bonchev–Trinajstić information content (AvgIpc) is 2.59. The number of aliphatic imine (C=N–C) groups is 2. The van der Waals surface area contributed by atoms with E-state index >= 15 is 0 Å². The van der Waals surface area contributed by atoms with Gasteiger partial charge in [-0.3, -0.25) is 4.99 Å². The molecule has 0 amide bonds. The summed E-state index contributed by atoms with van der Waals surface area (Å²) < 4.78 is 0. The molecule has 2 heteroatoms. The Morgan fingerprint density at radius 2 is 2.26 bits per heavy atom. The first-order chi connectivity index (χ1) is 9.28. The molecule has 0 aromatic rings. The Morgan fingerprint density at radius 3 is 3.21 bits per heavy atom. The van der Waals surface area contributed by atoms with Crippen LogP contribution in [0.15, 0.2) is 51.1 Å². The van der Waals surface area contributed by atoms with E-state index in [-0.39, 0.29) is 5.41 Å². The minimum Gasteiger partial charge on any atom is -0.258 e. The van der Waals surface area contributed by atoms with Crippen LogP contribution in [0, 0.1) is 11.3 Å². The van der Waals surface area contributed by atoms with Gasteiger partial charge in [0.15, 0.2) is 0 Å². The van der Waals surface area contributed by atoms with Crippen molar-refractivity contribution in [2.24, 2.45) is 21.3 Å². The highest BCUT2D eigenvalue weighted by Crippen LogP contribution is 2.46. The van der Waals surface area contributed by atoms with Crippen molar-refractivity contribution in [3.63, 3.8) is 0 Å². The molecule has 3 aliphatic rings. The third kappa shape index (κ3) is 2.48. The maximum Gasteiger partial charge on any atom is 0.0931 e. The van der Waals surface area contributed by atoms with E-state index in [4.69, 9.17) is 0 Å². The van der Waals surface area contributed by atoms with Crippen LogP contribution in [0.1, 0.15) is 39.0 Å². The third-order valence-corrected chi connectivity index (χ3v) is 4.26. The molecule has 2 aliphatic heterocycles. The number of rotatable bonds is 0. The van der Waals surface area contributed by atoms with E-state index in [2.05, 4.69) is 40.5 Å². The van der Waals surface area contributed by atoms with Gasteiger partial charge in [-0.25, -0.2) is 4.99 Å². The fourth-order valence-corrected chi connectivity index (χ4v) is 3.30. The van der Waals surface area contributed by atoms with Crippen molar-refractivity contribution in [3.05, 3.63) is 41.1 Å². The highest BCUT2D eigenvalue weighted by Gasteiger charge is 2.36. The first-order valence-electron chi connectivity index (χ1n) is 7.02. The quantitative estimate of drug-likeness (QED) is 0.581. The van der Waals surface area contributed by atoms with Gasteiger partial charge in [-0.1, -0.05) is 19.8 Å². The Morgan fingerprint density at radius 1 is 1.32 bits per heavy atom. The van der Waals surface area contributed by atoms with E-state index in [9.17, 15) is 0 Å². The molecule has 0 aromatic carbocycles. The molecule has 19 heavy (non-hydrogen) atoms. The maximum atomic E-state index is 4.66. The Kier molecular flexibility index (Phi) is 3.23. The van der Waals surface area contributed by atoms with Gasteiger partial charge in [0.1, 0.15) is 0 Å². The third-order valence-electron chi connectivity index (χ3n) is 4.26. The largest absolute Gasteiger partial charge is 0.258 e. The number of allylic oxidation sites excluding steroid dienone is 2. The number of fused-ring (bicyclic) bond motifs is 4. The molecule has 1 saturated carbocycles. The van der Waals surface area contributed by atoms with Crippen LogP contribution >= 0.6 is 0 Å². The SMILES string of the molecule is CC12CCCCC(C=N/C3=C/N=C=C=CC=C=C31)C2. The van der Waals surface area contributed by atoms with Crippen molar-refractivity contribution in [2.45, 2.75) is 39.0 Å². The molecule has 0 N–H and O–H groups in total. The van der Waals surface area contributed by atoms with Gasteiger partial charge in [-0.15, -0.1) is 5.73 Å². The summed E-state index contributed by atoms with van der Waals surface area (Å²) in [6.07, 6.45) is 13.9. The Labute approximate surface area is 114 Å². The van der Waals surface area contributed by atoms with Crippen LogP contribution in [-0.2, 0) is 0 Å². The zero-order chi connectivity index (χ0) is 13.1. The van der Waals surface area contributed by atoms with Crippen molar-refractivity contribution >= 4 is 12.1 Å². The van der Waals surface area contributed by atoms with E-state index < -0.39 is 0 Å². The van der Waals surface area contributed by atoms with Crippen molar-refractivity contribution in [1.29, 1.82) is 0 Å². The minimum atomic E-state index is 0.160. The van der Waals surface area contributed by atoms with Crippen LogP contribution in [0.2, 0.25) is 0 Å². The molecule has 1 aliphatic carbocycles. The van der Waals surface area contributed by atoms with E-state index in [0.29, 0.717) is 5.92 Å². The standard InChI is InChI=1S/C17H18N2/c1-17-9-5-4-7-14(11-17)12-19-16-13-18-10-6-2-3-8-15(16)17/h2-3,12-14H,4-5,7,9,11H2,1H3/b16-13+. The average molecular weight is 250 g/mol. The molecule has 0 saturated heterocycles. The van der Waals surface area contributed by atoms with Gasteiger partial charge in [-0.05, 0) is 43.1 Å². The molecule has 2 heterocycles. The summed E-state index contributed by atoms with van der Waals surface area (Å²) in [5.74, 6) is 3.34. The van der Waals surface area contributed by atoms with Gasteiger partial charge in [0.25, 0.3) is 0 Å². The van der Waals surface area contributed by atoms with Crippen LogP contribution in [0.3, 0.4) is 0 Å². The van der Waals surface area contributed by atoms with Gasteiger partial charge in [0.2, 0.25) is 0 Å². The molecule has 2 nitrogen and oxygen atoms in total. The van der Waals surface area contributed by atoms with E-state index in [1.165, 1.54) is 37.7 Å². The van der Waals surface area contributed by atoms with E-state index in [0.717, 1.165) is 5.70 Å². The zero-order valence-electron chi connectivity index (χ0n) is 11.3. The van der Waals surface area contributed by atoms with Gasteiger partial charge in [0, 0.05) is 23.1 Å². The number of hydrogen-bond donors (Lipinski definition) is 0. The Hall–Kier alpha value is -1.84. The molecule has 0 aromatic heterocycles. The molecule has 2 bridgehead atoms. The zero-order valence-corrected chi connectivity index (χ0v) is 11.3. The molecule has 2 unspecified atom stereocenters. The van der Waals surface area contributed by atoms with Crippen molar-refractivity contribution in [3.8, 4) is 0 Å². The van der Waals surface area contributed by atoms with Crippen LogP contribution in [0.5, 0.6) is 0 Å². The summed E-state index contributed by atoms with van der Waals surface area (Å²) in [5, 5.41) is 0. The van der Waals surface area contributed by atoms with Crippen LogP contribution in [-0.4, -0.2) is 12.1 Å². The predicted molar refractivity (Wildman–Crippen MR) is 78.4 cm³/mol. The molecule has 0 spiro atoms. The van der Waals surface area contributed by atoms with E-state index in [1.54, 1.807) is 12.3 Å². The summed E-state index contributed by atoms with van der Waals surface area (Å²) in [5.41, 5.74) is 8.57. The lowest BCUT2D eigenvalue weighted by Crippen LogP contribution is -2.20. The normalized spacial score (nSPS) is 35.1.